The summed E-state index contributed by atoms with van der Waals surface area (Å²) < 4.78 is 7.72. The maximum Gasteiger partial charge on any atom is 0.211 e. The summed E-state index contributed by atoms with van der Waals surface area (Å²) in [6.45, 7) is 4.98. The minimum absolute atomic E-state index is 0.101. The van der Waals surface area contributed by atoms with Crippen molar-refractivity contribution in [1.82, 2.24) is 20.1 Å². The molecule has 0 saturated heterocycles. The molecule has 1 atom stereocenters. The van der Waals surface area contributed by atoms with Crippen molar-refractivity contribution in [3.05, 3.63) is 36.4 Å². The largest absolute Gasteiger partial charge is 0.437 e. The van der Waals surface area contributed by atoms with Crippen LogP contribution in [0.2, 0.25) is 0 Å². The Kier molecular flexibility index (Phi) is 3.28. The second-order valence-corrected chi connectivity index (χ2v) is 4.83. The summed E-state index contributed by atoms with van der Waals surface area (Å²) in [7, 11) is 1.93. The molecule has 0 aliphatic heterocycles. The number of nitrogens with zero attached hydrogens (tertiary/aromatic N) is 3. The first-order valence-corrected chi connectivity index (χ1v) is 6.82. The molecule has 5 nitrogen and oxygen atoms in total. The number of hydrogen-bond donors (Lipinski definition) is 1. The Morgan fingerprint density at radius 1 is 1.35 bits per heavy atom. The molecule has 3 aromatic rings. The van der Waals surface area contributed by atoms with Gasteiger partial charge in [0.2, 0.25) is 5.89 Å². The molecule has 0 amide bonds. The smallest absolute Gasteiger partial charge is 0.211 e. The highest BCUT2D eigenvalue weighted by molar-refractivity contribution is 5.91. The molecule has 0 saturated carbocycles. The summed E-state index contributed by atoms with van der Waals surface area (Å²) in [6.07, 6.45) is 1.75. The number of hydrogen-bond acceptors (Lipinski definition) is 4. The number of benzene rings is 1. The Hall–Kier alpha value is -2.14. The molecule has 20 heavy (non-hydrogen) atoms. The molecule has 1 unspecified atom stereocenters. The predicted octanol–water partition coefficient (Wildman–Crippen LogP) is 2.90. The van der Waals surface area contributed by atoms with Gasteiger partial charge in [-0.3, -0.25) is 4.68 Å². The van der Waals surface area contributed by atoms with Crippen LogP contribution in [0.3, 0.4) is 0 Å². The molecule has 1 N–H and O–H groups in total. The van der Waals surface area contributed by atoms with Crippen molar-refractivity contribution >= 4 is 10.9 Å². The number of para-hydroxylation sites is 1. The summed E-state index contributed by atoms with van der Waals surface area (Å²) in [5.74, 6) is 1.40. The van der Waals surface area contributed by atoms with E-state index in [4.69, 9.17) is 4.42 Å². The second kappa shape index (κ2) is 5.09. The van der Waals surface area contributed by atoms with Crippen LogP contribution in [0.4, 0.5) is 0 Å². The summed E-state index contributed by atoms with van der Waals surface area (Å²) in [6, 6.07) is 8.21. The average molecular weight is 270 g/mol. The lowest BCUT2D eigenvalue weighted by molar-refractivity contribution is 0.428. The van der Waals surface area contributed by atoms with E-state index < -0.39 is 0 Å². The summed E-state index contributed by atoms with van der Waals surface area (Å²) >= 11 is 0. The van der Waals surface area contributed by atoms with Gasteiger partial charge in [-0.2, -0.15) is 5.10 Å². The maximum absolute atomic E-state index is 5.86. The van der Waals surface area contributed by atoms with E-state index in [1.54, 1.807) is 6.20 Å². The van der Waals surface area contributed by atoms with Crippen LogP contribution in [-0.4, -0.2) is 21.3 Å². The van der Waals surface area contributed by atoms with Gasteiger partial charge in [0.15, 0.2) is 5.76 Å². The van der Waals surface area contributed by atoms with Gasteiger partial charge in [-0.15, -0.1) is 0 Å². The molecule has 0 radical (unpaired) electrons. The van der Waals surface area contributed by atoms with Crippen LogP contribution in [-0.2, 0) is 7.05 Å². The lowest BCUT2D eigenvalue weighted by Gasteiger charge is -2.06. The zero-order valence-electron chi connectivity index (χ0n) is 11.9. The number of oxazole rings is 1. The van der Waals surface area contributed by atoms with Gasteiger partial charge in [0.1, 0.15) is 5.69 Å². The third-order valence-electron chi connectivity index (χ3n) is 3.40. The van der Waals surface area contributed by atoms with Gasteiger partial charge in [0, 0.05) is 12.4 Å². The zero-order chi connectivity index (χ0) is 14.1. The van der Waals surface area contributed by atoms with Gasteiger partial charge in [-0.1, -0.05) is 25.1 Å². The van der Waals surface area contributed by atoms with Crippen LogP contribution >= 0.6 is 0 Å². The molecule has 0 aliphatic carbocycles. The van der Waals surface area contributed by atoms with Crippen LogP contribution < -0.4 is 5.32 Å². The van der Waals surface area contributed by atoms with Gasteiger partial charge < -0.3 is 9.73 Å². The fourth-order valence-corrected chi connectivity index (χ4v) is 2.39. The van der Waals surface area contributed by atoms with Crippen LogP contribution in [0.15, 0.2) is 34.9 Å². The lowest BCUT2D eigenvalue weighted by atomic mass is 10.2. The number of fused-ring (bicyclic) bond motifs is 1. The van der Waals surface area contributed by atoms with E-state index >= 15 is 0 Å². The normalized spacial score (nSPS) is 12.9. The van der Waals surface area contributed by atoms with Gasteiger partial charge in [0.25, 0.3) is 0 Å². The summed E-state index contributed by atoms with van der Waals surface area (Å²) in [5, 5.41) is 8.91. The van der Waals surface area contributed by atoms with Crippen molar-refractivity contribution in [3.8, 4) is 11.5 Å². The molecule has 1 aromatic carbocycles. The number of nitrogens with one attached hydrogen (secondary N) is 1. The Morgan fingerprint density at radius 3 is 2.95 bits per heavy atom. The van der Waals surface area contributed by atoms with Crippen molar-refractivity contribution in [3.63, 3.8) is 0 Å². The van der Waals surface area contributed by atoms with E-state index in [9.17, 15) is 0 Å². The molecule has 3 rings (SSSR count). The predicted molar refractivity (Wildman–Crippen MR) is 78.3 cm³/mol. The van der Waals surface area contributed by atoms with Gasteiger partial charge >= 0.3 is 0 Å². The molecule has 2 aromatic heterocycles. The number of aromatic nitrogens is 3. The van der Waals surface area contributed by atoms with Crippen LogP contribution in [0, 0.1) is 0 Å². The lowest BCUT2D eigenvalue weighted by Crippen LogP contribution is -2.17. The van der Waals surface area contributed by atoms with E-state index in [0.29, 0.717) is 11.7 Å². The summed E-state index contributed by atoms with van der Waals surface area (Å²) in [4.78, 5) is 4.35. The quantitative estimate of drug-likeness (QED) is 0.792. The highest BCUT2D eigenvalue weighted by Gasteiger charge is 2.17. The third-order valence-corrected chi connectivity index (χ3v) is 3.40. The van der Waals surface area contributed by atoms with Gasteiger partial charge in [-0.05, 0) is 19.5 Å². The number of aryl methyl sites for hydroxylation is 1. The van der Waals surface area contributed by atoms with Gasteiger partial charge in [-0.25, -0.2) is 4.98 Å². The Balaban J connectivity index is 2.03. The molecular formula is C15H18N4O. The zero-order valence-corrected chi connectivity index (χ0v) is 11.9. The van der Waals surface area contributed by atoms with Crippen molar-refractivity contribution in [2.75, 3.05) is 6.54 Å². The molecule has 104 valence electrons. The molecule has 0 aliphatic rings. The molecule has 0 fully saturated rings. The van der Waals surface area contributed by atoms with Crippen molar-refractivity contribution in [2.45, 2.75) is 19.9 Å². The van der Waals surface area contributed by atoms with E-state index in [2.05, 4.69) is 22.3 Å². The Morgan fingerprint density at radius 2 is 2.15 bits per heavy atom. The molecule has 0 bridgehead atoms. The van der Waals surface area contributed by atoms with Gasteiger partial charge in [0.05, 0.1) is 17.8 Å². The Bertz CT molecular complexity index is 728. The topological polar surface area (TPSA) is 55.9 Å². The molecule has 2 heterocycles. The minimum atomic E-state index is 0.101. The molecule has 0 spiro atoms. The first kappa shape index (κ1) is 12.9. The Labute approximate surface area is 117 Å². The van der Waals surface area contributed by atoms with Crippen LogP contribution in [0.5, 0.6) is 0 Å². The second-order valence-electron chi connectivity index (χ2n) is 4.83. The first-order valence-electron chi connectivity index (χ1n) is 6.82. The summed E-state index contributed by atoms with van der Waals surface area (Å²) in [5.41, 5.74) is 1.92. The standard InChI is InChI=1S/C15H18N4O/c1-4-16-10(2)15-17-9-13(20-15)14-11-7-5-6-8-12(11)19(3)18-14/h5-10,16H,4H2,1-3H3. The fraction of sp³-hybridized carbons (Fsp3) is 0.333. The van der Waals surface area contributed by atoms with Crippen LogP contribution in [0.25, 0.3) is 22.4 Å². The first-order chi connectivity index (χ1) is 9.70. The molecule has 5 heteroatoms. The van der Waals surface area contributed by atoms with Crippen molar-refractivity contribution in [1.29, 1.82) is 0 Å². The van der Waals surface area contributed by atoms with E-state index in [-0.39, 0.29) is 6.04 Å². The van der Waals surface area contributed by atoms with Crippen LogP contribution in [0.1, 0.15) is 25.8 Å². The number of rotatable bonds is 4. The monoisotopic (exact) mass is 270 g/mol. The average Bonchev–Trinajstić information content (AvgIpc) is 3.05. The van der Waals surface area contributed by atoms with E-state index in [0.717, 1.165) is 23.1 Å². The van der Waals surface area contributed by atoms with E-state index in [1.807, 2.05) is 42.9 Å². The van der Waals surface area contributed by atoms with Crippen molar-refractivity contribution < 1.29 is 4.42 Å². The minimum Gasteiger partial charge on any atom is -0.437 e. The molecular weight excluding hydrogens is 252 g/mol. The fourth-order valence-electron chi connectivity index (χ4n) is 2.39. The third kappa shape index (κ3) is 2.10. The highest BCUT2D eigenvalue weighted by atomic mass is 16.4. The highest BCUT2D eigenvalue weighted by Crippen LogP contribution is 2.28. The maximum atomic E-state index is 5.86. The van der Waals surface area contributed by atoms with E-state index in [1.165, 1.54) is 0 Å². The SMILES string of the molecule is CCNC(C)c1ncc(-c2nn(C)c3ccccc23)o1. The van der Waals surface area contributed by atoms with Crippen molar-refractivity contribution in [2.24, 2.45) is 7.05 Å².